The molecular formula is C19H14F2N2O5S. The lowest BCUT2D eigenvalue weighted by atomic mass is 10.1. The van der Waals surface area contributed by atoms with E-state index >= 15 is 0 Å². The molecule has 1 fully saturated rings. The zero-order valence-corrected chi connectivity index (χ0v) is 15.5. The summed E-state index contributed by atoms with van der Waals surface area (Å²) in [6, 6.07) is 7.07. The Balaban J connectivity index is 1.76. The van der Waals surface area contributed by atoms with E-state index in [4.69, 9.17) is 15.6 Å². The first-order chi connectivity index (χ1) is 13.7. The van der Waals surface area contributed by atoms with Gasteiger partial charge in [0.15, 0.2) is 0 Å². The maximum atomic E-state index is 14.3. The van der Waals surface area contributed by atoms with Crippen LogP contribution >= 0.6 is 11.8 Å². The molecule has 0 saturated carbocycles. The van der Waals surface area contributed by atoms with Gasteiger partial charge in [0.05, 0.1) is 4.91 Å². The molecule has 29 heavy (non-hydrogen) atoms. The number of carbonyl (C=O) groups excluding carboxylic acids is 2. The number of hydrogen-bond donors (Lipinski definition) is 3. The Morgan fingerprint density at radius 3 is 2.31 bits per heavy atom. The van der Waals surface area contributed by atoms with Crippen LogP contribution in [0.5, 0.6) is 11.5 Å². The van der Waals surface area contributed by atoms with Crippen LogP contribution in [0.3, 0.4) is 0 Å². The summed E-state index contributed by atoms with van der Waals surface area (Å²) in [5, 5.41) is 10.2. The number of imide groups is 1. The lowest BCUT2D eigenvalue weighted by molar-refractivity contribution is -0.138. The molecule has 1 saturated heterocycles. The SMILES string of the molecule is NC(Cc1ccc(Oc2cc(F)c(C=C3SC(=O)NC3=O)c(F)c2)cc1)C(=O)O. The average Bonchev–Trinajstić information content (AvgIpc) is 2.97. The van der Waals surface area contributed by atoms with Gasteiger partial charge in [-0.2, -0.15) is 0 Å². The molecule has 2 aromatic carbocycles. The van der Waals surface area contributed by atoms with E-state index in [2.05, 4.69) is 0 Å². The van der Waals surface area contributed by atoms with Crippen LogP contribution in [-0.4, -0.2) is 28.3 Å². The molecule has 0 bridgehead atoms. The van der Waals surface area contributed by atoms with Crippen LogP contribution in [0.4, 0.5) is 13.6 Å². The Bertz CT molecular complexity index is 1000. The molecule has 4 N–H and O–H groups in total. The minimum absolute atomic E-state index is 0.114. The van der Waals surface area contributed by atoms with Crippen molar-refractivity contribution in [2.45, 2.75) is 12.5 Å². The van der Waals surface area contributed by atoms with Crippen LogP contribution in [0.15, 0.2) is 41.3 Å². The summed E-state index contributed by atoms with van der Waals surface area (Å²) in [4.78, 5) is 33.3. The second kappa shape index (κ2) is 8.41. The first-order valence-corrected chi connectivity index (χ1v) is 9.03. The zero-order chi connectivity index (χ0) is 21.1. The van der Waals surface area contributed by atoms with E-state index in [9.17, 15) is 23.2 Å². The van der Waals surface area contributed by atoms with Gasteiger partial charge in [-0.1, -0.05) is 12.1 Å². The zero-order valence-electron chi connectivity index (χ0n) is 14.6. The molecule has 1 atom stereocenters. The Hall–Kier alpha value is -3.24. The van der Waals surface area contributed by atoms with Gasteiger partial charge >= 0.3 is 5.97 Å². The molecule has 150 valence electrons. The number of aliphatic carboxylic acids is 1. The molecule has 0 aromatic heterocycles. The fraction of sp³-hybridized carbons (Fsp3) is 0.105. The highest BCUT2D eigenvalue weighted by Gasteiger charge is 2.26. The van der Waals surface area contributed by atoms with Gasteiger partial charge in [-0.15, -0.1) is 0 Å². The van der Waals surface area contributed by atoms with Crippen molar-refractivity contribution < 1.29 is 33.0 Å². The van der Waals surface area contributed by atoms with Gasteiger partial charge < -0.3 is 15.6 Å². The van der Waals surface area contributed by atoms with Crippen molar-refractivity contribution in [3.8, 4) is 11.5 Å². The monoisotopic (exact) mass is 420 g/mol. The first-order valence-electron chi connectivity index (χ1n) is 8.22. The highest BCUT2D eigenvalue weighted by atomic mass is 32.2. The fourth-order valence-electron chi connectivity index (χ4n) is 2.48. The normalized spacial score (nSPS) is 16.0. The average molecular weight is 420 g/mol. The third kappa shape index (κ3) is 4.98. The predicted molar refractivity (Wildman–Crippen MR) is 101 cm³/mol. The van der Waals surface area contributed by atoms with E-state index in [0.717, 1.165) is 18.2 Å². The third-order valence-corrected chi connectivity index (χ3v) is 4.71. The number of amides is 2. The first kappa shape index (κ1) is 20.5. The topological polar surface area (TPSA) is 119 Å². The summed E-state index contributed by atoms with van der Waals surface area (Å²) in [5.41, 5.74) is 5.66. The van der Waals surface area contributed by atoms with Crippen LogP contribution in [0.25, 0.3) is 6.08 Å². The number of nitrogens with one attached hydrogen (secondary N) is 1. The van der Waals surface area contributed by atoms with Gasteiger partial charge in [0.25, 0.3) is 11.1 Å². The van der Waals surface area contributed by atoms with Crippen molar-refractivity contribution in [1.29, 1.82) is 0 Å². The van der Waals surface area contributed by atoms with E-state index < -0.39 is 40.4 Å². The molecule has 3 rings (SSSR count). The minimum atomic E-state index is -1.12. The largest absolute Gasteiger partial charge is 0.480 e. The molecule has 1 heterocycles. The molecule has 2 amide bonds. The number of thioether (sulfide) groups is 1. The van der Waals surface area contributed by atoms with Gasteiger partial charge in [0, 0.05) is 17.7 Å². The fourth-order valence-corrected chi connectivity index (χ4v) is 3.14. The van der Waals surface area contributed by atoms with Gasteiger partial charge in [-0.05, 0) is 42.0 Å². The minimum Gasteiger partial charge on any atom is -0.480 e. The number of hydrogen-bond acceptors (Lipinski definition) is 6. The maximum absolute atomic E-state index is 14.3. The summed E-state index contributed by atoms with van der Waals surface area (Å²) in [6.45, 7) is 0. The highest BCUT2D eigenvalue weighted by molar-refractivity contribution is 8.18. The molecular weight excluding hydrogens is 406 g/mol. The number of carbonyl (C=O) groups is 3. The molecule has 10 heteroatoms. The standard InChI is InChI=1S/C19H14F2N2O5S/c20-13-6-11(7-14(21)12(13)8-16-17(24)23-19(27)29-16)28-10-3-1-9(2-4-10)5-15(22)18(25)26/h1-4,6-8,15H,5,22H2,(H,25,26)(H,23,24,27). The lowest BCUT2D eigenvalue weighted by Gasteiger charge is -2.10. The van der Waals surface area contributed by atoms with E-state index in [0.29, 0.717) is 17.3 Å². The molecule has 0 aliphatic carbocycles. The summed E-state index contributed by atoms with van der Waals surface area (Å²) in [6.07, 6.45) is 1.08. The number of nitrogens with two attached hydrogens (primary N) is 1. The Morgan fingerprint density at radius 1 is 1.17 bits per heavy atom. The Kier molecular flexibility index (Phi) is 5.95. The van der Waals surface area contributed by atoms with Gasteiger partial charge in [-0.25, -0.2) is 8.78 Å². The summed E-state index contributed by atoms with van der Waals surface area (Å²) in [5.74, 6) is -3.62. The number of rotatable bonds is 6. The molecule has 0 radical (unpaired) electrons. The summed E-state index contributed by atoms with van der Waals surface area (Å²) >= 11 is 0.551. The molecule has 0 spiro atoms. The lowest BCUT2D eigenvalue weighted by Crippen LogP contribution is -2.32. The van der Waals surface area contributed by atoms with Crippen molar-refractivity contribution in [2.24, 2.45) is 5.73 Å². The number of carboxylic acids is 1. The quantitative estimate of drug-likeness (QED) is 0.615. The second-order valence-corrected chi connectivity index (χ2v) is 7.06. The van der Waals surface area contributed by atoms with Crippen LogP contribution in [0, 0.1) is 11.6 Å². The summed E-state index contributed by atoms with van der Waals surface area (Å²) < 4.78 is 34.1. The van der Waals surface area contributed by atoms with Crippen LogP contribution in [0.2, 0.25) is 0 Å². The van der Waals surface area contributed by atoms with Crippen LogP contribution in [0.1, 0.15) is 11.1 Å². The van der Waals surface area contributed by atoms with Crippen molar-refractivity contribution in [3.63, 3.8) is 0 Å². The Morgan fingerprint density at radius 2 is 1.79 bits per heavy atom. The van der Waals surface area contributed by atoms with Gasteiger partial charge in [-0.3, -0.25) is 19.7 Å². The molecule has 1 unspecified atom stereocenters. The molecule has 7 nitrogen and oxygen atoms in total. The van der Waals surface area contributed by atoms with E-state index in [1.807, 2.05) is 5.32 Å². The maximum Gasteiger partial charge on any atom is 0.320 e. The molecule has 1 aliphatic heterocycles. The number of benzene rings is 2. The number of halogens is 2. The van der Waals surface area contributed by atoms with Gasteiger partial charge in [0.2, 0.25) is 0 Å². The van der Waals surface area contributed by atoms with E-state index in [1.54, 1.807) is 12.1 Å². The predicted octanol–water partition coefficient (Wildman–Crippen LogP) is 3.04. The van der Waals surface area contributed by atoms with Crippen molar-refractivity contribution >= 4 is 35.0 Å². The third-order valence-electron chi connectivity index (χ3n) is 3.90. The number of carboxylic acid groups (broad SMARTS) is 1. The molecule has 1 aliphatic rings. The van der Waals surface area contributed by atoms with Gasteiger partial charge in [0.1, 0.15) is 29.2 Å². The second-order valence-electron chi connectivity index (χ2n) is 6.05. The molecule has 2 aromatic rings. The summed E-state index contributed by atoms with van der Waals surface area (Å²) in [7, 11) is 0. The van der Waals surface area contributed by atoms with E-state index in [-0.39, 0.29) is 22.8 Å². The van der Waals surface area contributed by atoms with E-state index in [1.165, 1.54) is 12.1 Å². The van der Waals surface area contributed by atoms with Crippen molar-refractivity contribution in [3.05, 3.63) is 64.1 Å². The Labute approximate surface area is 167 Å². The smallest absolute Gasteiger partial charge is 0.320 e. The van der Waals surface area contributed by atoms with Crippen LogP contribution < -0.4 is 15.8 Å². The number of ether oxygens (including phenoxy) is 1. The van der Waals surface area contributed by atoms with Crippen molar-refractivity contribution in [1.82, 2.24) is 5.32 Å². The highest BCUT2D eigenvalue weighted by Crippen LogP contribution is 2.30. The van der Waals surface area contributed by atoms with Crippen LogP contribution in [-0.2, 0) is 16.0 Å². The van der Waals surface area contributed by atoms with Crippen molar-refractivity contribution in [2.75, 3.05) is 0 Å².